The van der Waals surface area contributed by atoms with Gasteiger partial charge in [-0.05, 0) is 11.6 Å². The van der Waals surface area contributed by atoms with Gasteiger partial charge in [-0.2, -0.15) is 0 Å². The molecule has 2 aliphatic rings. The number of nitrogens with zero attached hydrogens (tertiary/aromatic N) is 1. The van der Waals surface area contributed by atoms with E-state index in [-0.39, 0.29) is 17.8 Å². The molecule has 1 saturated heterocycles. The third-order valence-electron chi connectivity index (χ3n) is 3.86. The molecule has 0 saturated carbocycles. The number of rotatable bonds is 3. The second-order valence-corrected chi connectivity index (χ2v) is 5.07. The Hall–Kier alpha value is -0.970. The molecule has 100 valence electrons. The predicted molar refractivity (Wildman–Crippen MR) is 73.8 cm³/mol. The van der Waals surface area contributed by atoms with E-state index in [1.807, 2.05) is 6.07 Å². The minimum atomic E-state index is 0. The molecule has 18 heavy (non-hydrogen) atoms. The summed E-state index contributed by atoms with van der Waals surface area (Å²) in [6, 6.07) is 5.66. The lowest BCUT2D eigenvalue weighted by molar-refractivity contribution is 0.0493. The Balaban J connectivity index is 0.00000120. The molecule has 2 heterocycles. The van der Waals surface area contributed by atoms with E-state index in [0.717, 1.165) is 38.5 Å². The van der Waals surface area contributed by atoms with E-state index in [9.17, 15) is 5.11 Å². The Morgan fingerprint density at radius 2 is 2.22 bits per heavy atom. The number of likely N-dealkylation sites (tertiary alicyclic amines) is 1. The van der Waals surface area contributed by atoms with Crippen LogP contribution in [0.2, 0.25) is 0 Å². The quantitative estimate of drug-likeness (QED) is 0.872. The van der Waals surface area contributed by atoms with Gasteiger partial charge in [0.15, 0.2) is 0 Å². The highest BCUT2D eigenvalue weighted by Crippen LogP contribution is 2.44. The third kappa shape index (κ3) is 2.05. The lowest BCUT2D eigenvalue weighted by atomic mass is 9.75. The molecule has 1 fully saturated rings. The number of halogens is 1. The number of methoxy groups -OCH3 is 1. The summed E-state index contributed by atoms with van der Waals surface area (Å²) in [5.74, 6) is 0.337. The van der Waals surface area contributed by atoms with E-state index in [1.165, 1.54) is 5.56 Å². The van der Waals surface area contributed by atoms with Crippen molar-refractivity contribution in [3.8, 4) is 5.75 Å². The number of ether oxygens (including phenoxy) is 1. The molecule has 0 bridgehead atoms. The number of phenols is 1. The van der Waals surface area contributed by atoms with Crippen molar-refractivity contribution in [2.75, 3.05) is 45.2 Å². The van der Waals surface area contributed by atoms with Crippen molar-refractivity contribution in [1.82, 2.24) is 4.90 Å². The van der Waals surface area contributed by atoms with Crippen LogP contribution in [-0.2, 0) is 10.2 Å². The fourth-order valence-corrected chi connectivity index (χ4v) is 2.97. The van der Waals surface area contributed by atoms with Gasteiger partial charge in [0.2, 0.25) is 0 Å². The monoisotopic (exact) mass is 270 g/mol. The smallest absolute Gasteiger partial charge is 0.117 e. The average molecular weight is 271 g/mol. The standard InChI is InChI=1S/C13H18N2O2.ClH/c1-17-5-4-15-8-13(9-15)7-14-12-6-10(16)2-3-11(12)13;/h2-3,6,14,16H,4-5,7-9H2,1H3;1H. The average Bonchev–Trinajstić information content (AvgIpc) is 2.63. The number of anilines is 1. The Labute approximate surface area is 113 Å². The minimum Gasteiger partial charge on any atom is -0.508 e. The summed E-state index contributed by atoms with van der Waals surface area (Å²) in [6.07, 6.45) is 0. The van der Waals surface area contributed by atoms with Gasteiger partial charge in [0.25, 0.3) is 0 Å². The second-order valence-electron chi connectivity index (χ2n) is 5.07. The number of hydrogen-bond donors (Lipinski definition) is 2. The molecule has 3 rings (SSSR count). The van der Waals surface area contributed by atoms with Gasteiger partial charge >= 0.3 is 0 Å². The van der Waals surface area contributed by atoms with Crippen molar-refractivity contribution >= 4 is 18.1 Å². The molecule has 0 atom stereocenters. The Bertz CT molecular complexity index is 433. The maximum absolute atomic E-state index is 9.46. The van der Waals surface area contributed by atoms with Crippen molar-refractivity contribution in [3.63, 3.8) is 0 Å². The van der Waals surface area contributed by atoms with Crippen molar-refractivity contribution in [2.45, 2.75) is 5.41 Å². The number of hydrogen-bond acceptors (Lipinski definition) is 4. The molecular weight excluding hydrogens is 252 g/mol. The molecule has 1 aromatic carbocycles. The van der Waals surface area contributed by atoms with Gasteiger partial charge in [0.05, 0.1) is 6.61 Å². The van der Waals surface area contributed by atoms with Crippen LogP contribution in [0, 0.1) is 0 Å². The topological polar surface area (TPSA) is 44.7 Å². The zero-order chi connectivity index (χ0) is 11.9. The summed E-state index contributed by atoms with van der Waals surface area (Å²) in [4.78, 5) is 2.41. The first-order valence-corrected chi connectivity index (χ1v) is 6.02. The van der Waals surface area contributed by atoms with Crippen LogP contribution in [-0.4, -0.2) is 49.9 Å². The van der Waals surface area contributed by atoms with Gasteiger partial charge in [-0.15, -0.1) is 12.4 Å². The molecule has 0 aromatic heterocycles. The van der Waals surface area contributed by atoms with E-state index >= 15 is 0 Å². The molecule has 0 radical (unpaired) electrons. The first kappa shape index (κ1) is 13.5. The summed E-state index contributed by atoms with van der Waals surface area (Å²) in [5.41, 5.74) is 2.71. The van der Waals surface area contributed by atoms with Crippen molar-refractivity contribution in [1.29, 1.82) is 0 Å². The van der Waals surface area contributed by atoms with Crippen LogP contribution in [0.4, 0.5) is 5.69 Å². The molecule has 2 N–H and O–H groups in total. The summed E-state index contributed by atoms with van der Waals surface area (Å²) in [5, 5.41) is 12.9. The Morgan fingerprint density at radius 1 is 1.44 bits per heavy atom. The van der Waals surface area contributed by atoms with Gasteiger partial charge < -0.3 is 15.2 Å². The number of benzene rings is 1. The maximum atomic E-state index is 9.46. The number of fused-ring (bicyclic) bond motifs is 2. The Kier molecular flexibility index (Phi) is 3.71. The zero-order valence-electron chi connectivity index (χ0n) is 10.5. The van der Waals surface area contributed by atoms with E-state index < -0.39 is 0 Å². The maximum Gasteiger partial charge on any atom is 0.117 e. The molecule has 1 aromatic rings. The first-order valence-electron chi connectivity index (χ1n) is 6.02. The van der Waals surface area contributed by atoms with Gasteiger partial charge in [-0.3, -0.25) is 4.90 Å². The molecule has 0 amide bonds. The Morgan fingerprint density at radius 3 is 2.94 bits per heavy atom. The second kappa shape index (κ2) is 4.96. The van der Waals surface area contributed by atoms with Gasteiger partial charge in [-0.1, -0.05) is 6.07 Å². The van der Waals surface area contributed by atoms with E-state index in [2.05, 4.69) is 16.3 Å². The van der Waals surface area contributed by atoms with Crippen LogP contribution in [0.15, 0.2) is 18.2 Å². The molecule has 0 aliphatic carbocycles. The number of nitrogens with one attached hydrogen (secondary N) is 1. The summed E-state index contributed by atoms with van der Waals surface area (Å²) >= 11 is 0. The minimum absolute atomic E-state index is 0. The van der Waals surface area contributed by atoms with Gasteiger partial charge in [-0.25, -0.2) is 0 Å². The fraction of sp³-hybridized carbons (Fsp3) is 0.538. The highest BCUT2D eigenvalue weighted by atomic mass is 35.5. The van der Waals surface area contributed by atoms with Crippen LogP contribution in [0.25, 0.3) is 0 Å². The molecule has 0 unspecified atom stereocenters. The van der Waals surface area contributed by atoms with Crippen LogP contribution < -0.4 is 5.32 Å². The van der Waals surface area contributed by atoms with E-state index in [4.69, 9.17) is 4.74 Å². The van der Waals surface area contributed by atoms with E-state index in [1.54, 1.807) is 13.2 Å². The van der Waals surface area contributed by atoms with E-state index in [0.29, 0.717) is 5.75 Å². The molecule has 1 spiro atoms. The molecule has 4 nitrogen and oxygen atoms in total. The fourth-order valence-electron chi connectivity index (χ4n) is 2.97. The zero-order valence-corrected chi connectivity index (χ0v) is 11.3. The normalized spacial score (nSPS) is 19.8. The van der Waals surface area contributed by atoms with Crippen LogP contribution >= 0.6 is 12.4 Å². The number of aromatic hydroxyl groups is 1. The number of phenolic OH excluding ortho intramolecular Hbond substituents is 1. The van der Waals surface area contributed by atoms with Crippen LogP contribution in [0.3, 0.4) is 0 Å². The highest BCUT2D eigenvalue weighted by molar-refractivity contribution is 5.85. The first-order chi connectivity index (χ1) is 8.23. The van der Waals surface area contributed by atoms with Crippen LogP contribution in [0.5, 0.6) is 5.75 Å². The van der Waals surface area contributed by atoms with Crippen molar-refractivity contribution in [3.05, 3.63) is 23.8 Å². The lowest BCUT2D eigenvalue weighted by Crippen LogP contribution is -2.60. The SMILES string of the molecule is COCCN1CC2(CNc3cc(O)ccc32)C1.Cl. The summed E-state index contributed by atoms with van der Waals surface area (Å²) in [7, 11) is 1.74. The largest absolute Gasteiger partial charge is 0.508 e. The molecule has 5 heteroatoms. The highest BCUT2D eigenvalue weighted by Gasteiger charge is 2.48. The summed E-state index contributed by atoms with van der Waals surface area (Å²) < 4.78 is 5.09. The van der Waals surface area contributed by atoms with Gasteiger partial charge in [0.1, 0.15) is 5.75 Å². The predicted octanol–water partition coefficient (Wildman–Crippen LogP) is 1.44. The van der Waals surface area contributed by atoms with Crippen molar-refractivity contribution < 1.29 is 9.84 Å². The summed E-state index contributed by atoms with van der Waals surface area (Å²) in [6.45, 7) is 4.95. The lowest BCUT2D eigenvalue weighted by Gasteiger charge is -2.48. The van der Waals surface area contributed by atoms with Gasteiger partial charge in [0, 0.05) is 50.5 Å². The third-order valence-corrected chi connectivity index (χ3v) is 3.86. The van der Waals surface area contributed by atoms with Crippen LogP contribution in [0.1, 0.15) is 5.56 Å². The molecular formula is C13H19ClN2O2. The molecule has 2 aliphatic heterocycles. The van der Waals surface area contributed by atoms with Crippen molar-refractivity contribution in [2.24, 2.45) is 0 Å².